The number of carbonyl (C=O) groups excluding carboxylic acids is 2. The van der Waals surface area contributed by atoms with Crippen molar-refractivity contribution < 1.29 is 23.6 Å². The fraction of sp³-hybridized carbons (Fsp3) is 0.529. The molecule has 134 valence electrons. The number of esters is 1. The molecule has 0 aromatic heterocycles. The average molecular weight is 350 g/mol. The molecule has 3 atom stereocenters. The van der Waals surface area contributed by atoms with Crippen molar-refractivity contribution in [2.24, 2.45) is 17.8 Å². The lowest BCUT2D eigenvalue weighted by Crippen LogP contribution is -2.23. The van der Waals surface area contributed by atoms with Crippen LogP contribution in [-0.4, -0.2) is 23.4 Å². The number of non-ortho nitro benzene ring substituents is 1. The van der Waals surface area contributed by atoms with Crippen LogP contribution in [0.4, 0.5) is 15.8 Å². The van der Waals surface area contributed by atoms with Crippen molar-refractivity contribution >= 4 is 23.3 Å². The van der Waals surface area contributed by atoms with Crippen LogP contribution in [0.25, 0.3) is 0 Å². The van der Waals surface area contributed by atoms with Gasteiger partial charge in [-0.05, 0) is 43.1 Å². The Morgan fingerprint density at radius 3 is 2.76 bits per heavy atom. The van der Waals surface area contributed by atoms with Crippen LogP contribution >= 0.6 is 0 Å². The number of nitro benzene ring substituents is 1. The highest BCUT2D eigenvalue weighted by atomic mass is 19.1. The third kappa shape index (κ3) is 4.12. The molecule has 25 heavy (non-hydrogen) atoms. The van der Waals surface area contributed by atoms with Crippen LogP contribution in [0, 0.1) is 33.7 Å². The minimum atomic E-state index is -0.799. The fourth-order valence-corrected chi connectivity index (χ4v) is 3.95. The molecule has 1 amide bonds. The summed E-state index contributed by atoms with van der Waals surface area (Å²) in [6.07, 6.45) is 4.94. The Balaban J connectivity index is 1.47. The molecular formula is C17H19FN2O5. The summed E-state index contributed by atoms with van der Waals surface area (Å²) in [5.74, 6) is -0.322. The molecule has 1 N–H and O–H groups in total. The summed E-state index contributed by atoms with van der Waals surface area (Å²) in [6, 6.07) is 2.82. The first-order chi connectivity index (χ1) is 11.9. The third-order valence-electron chi connectivity index (χ3n) is 5.11. The minimum Gasteiger partial charge on any atom is -0.456 e. The molecule has 0 radical (unpaired) electrons. The molecular weight excluding hydrogens is 331 g/mol. The number of carbonyl (C=O) groups is 2. The molecule has 2 saturated carbocycles. The van der Waals surface area contributed by atoms with Crippen molar-refractivity contribution in [3.8, 4) is 0 Å². The van der Waals surface area contributed by atoms with Crippen LogP contribution in [0.3, 0.4) is 0 Å². The molecule has 7 nitrogen and oxygen atoms in total. The van der Waals surface area contributed by atoms with Gasteiger partial charge in [0.05, 0.1) is 10.6 Å². The highest BCUT2D eigenvalue weighted by Crippen LogP contribution is 2.49. The summed E-state index contributed by atoms with van der Waals surface area (Å²) >= 11 is 0. The lowest BCUT2D eigenvalue weighted by Gasteiger charge is -2.20. The van der Waals surface area contributed by atoms with Gasteiger partial charge in [-0.2, -0.15) is 0 Å². The number of nitrogens with one attached hydrogen (secondary N) is 1. The smallest absolute Gasteiger partial charge is 0.306 e. The average Bonchev–Trinajstić information content (AvgIpc) is 3.17. The van der Waals surface area contributed by atoms with E-state index in [0.29, 0.717) is 18.3 Å². The molecule has 0 unspecified atom stereocenters. The van der Waals surface area contributed by atoms with Crippen molar-refractivity contribution in [1.29, 1.82) is 0 Å². The van der Waals surface area contributed by atoms with E-state index in [1.165, 1.54) is 12.8 Å². The Kier molecular flexibility index (Phi) is 4.96. The number of nitro groups is 1. The van der Waals surface area contributed by atoms with Gasteiger partial charge in [0, 0.05) is 18.6 Å². The Hall–Kier alpha value is -2.51. The van der Waals surface area contributed by atoms with Gasteiger partial charge in [0.2, 0.25) is 0 Å². The minimum absolute atomic E-state index is 0.305. The number of halogens is 1. The number of benzene rings is 1. The Morgan fingerprint density at radius 2 is 2.12 bits per heavy atom. The maximum atomic E-state index is 13.6. The maximum Gasteiger partial charge on any atom is 0.306 e. The second-order valence-electron chi connectivity index (χ2n) is 6.77. The van der Waals surface area contributed by atoms with Crippen LogP contribution in [0.2, 0.25) is 0 Å². The first-order valence-corrected chi connectivity index (χ1v) is 8.31. The van der Waals surface area contributed by atoms with Crippen LogP contribution in [-0.2, 0) is 14.3 Å². The zero-order valence-corrected chi connectivity index (χ0v) is 13.6. The molecule has 8 heteroatoms. The number of rotatable bonds is 6. The number of fused-ring (bicyclic) bond motifs is 2. The Labute approximate surface area is 143 Å². The standard InChI is InChI=1S/C17H19FN2O5/c18-14-4-3-13(20(23)24)8-15(14)19-16(21)9-25-17(22)7-12-6-10-1-2-11(12)5-10/h3-4,8,10-12H,1-2,5-7,9H2,(H,19,21)/t10-,11+,12+/m0/s1. The molecule has 0 saturated heterocycles. The van der Waals surface area contributed by atoms with E-state index in [1.807, 2.05) is 0 Å². The van der Waals surface area contributed by atoms with E-state index in [1.54, 1.807) is 0 Å². The van der Waals surface area contributed by atoms with Crippen molar-refractivity contribution in [1.82, 2.24) is 0 Å². The third-order valence-corrected chi connectivity index (χ3v) is 5.11. The highest BCUT2D eigenvalue weighted by molar-refractivity contribution is 5.93. The Morgan fingerprint density at radius 1 is 1.32 bits per heavy atom. The summed E-state index contributed by atoms with van der Waals surface area (Å²) in [4.78, 5) is 33.7. The zero-order chi connectivity index (χ0) is 18.0. The highest BCUT2D eigenvalue weighted by Gasteiger charge is 2.40. The molecule has 0 aliphatic heterocycles. The van der Waals surface area contributed by atoms with Gasteiger partial charge in [-0.3, -0.25) is 19.7 Å². The van der Waals surface area contributed by atoms with Crippen molar-refractivity contribution in [3.63, 3.8) is 0 Å². The van der Waals surface area contributed by atoms with Gasteiger partial charge in [0.25, 0.3) is 11.6 Å². The van der Waals surface area contributed by atoms with E-state index in [-0.39, 0.29) is 11.4 Å². The summed E-state index contributed by atoms with van der Waals surface area (Å²) in [7, 11) is 0. The largest absolute Gasteiger partial charge is 0.456 e. The van der Waals surface area contributed by atoms with Crippen molar-refractivity contribution in [2.75, 3.05) is 11.9 Å². The number of ether oxygens (including phenoxy) is 1. The summed E-state index contributed by atoms with van der Waals surface area (Å²) in [5.41, 5.74) is -0.659. The lowest BCUT2D eigenvalue weighted by molar-refractivity contribution is -0.384. The molecule has 1 aromatic rings. The normalized spacial score (nSPS) is 24.1. The van der Waals surface area contributed by atoms with E-state index in [4.69, 9.17) is 4.74 Å². The molecule has 3 rings (SSSR count). The van der Waals surface area contributed by atoms with E-state index in [9.17, 15) is 24.1 Å². The molecule has 0 heterocycles. The summed E-state index contributed by atoms with van der Waals surface area (Å²) in [5, 5.41) is 12.9. The van der Waals surface area contributed by atoms with Crippen LogP contribution in [0.5, 0.6) is 0 Å². The number of amides is 1. The van der Waals surface area contributed by atoms with E-state index in [0.717, 1.165) is 37.0 Å². The first-order valence-electron chi connectivity index (χ1n) is 8.31. The van der Waals surface area contributed by atoms with Gasteiger partial charge in [0.15, 0.2) is 6.61 Å². The van der Waals surface area contributed by atoms with Gasteiger partial charge in [0.1, 0.15) is 5.82 Å². The van der Waals surface area contributed by atoms with Crippen molar-refractivity contribution in [2.45, 2.75) is 32.1 Å². The molecule has 2 aliphatic carbocycles. The first kappa shape index (κ1) is 17.3. The van der Waals surface area contributed by atoms with Crippen LogP contribution in [0.15, 0.2) is 18.2 Å². The summed E-state index contributed by atoms with van der Waals surface area (Å²) in [6.45, 7) is -0.540. The number of hydrogen-bond donors (Lipinski definition) is 1. The quantitative estimate of drug-likeness (QED) is 0.483. The lowest BCUT2D eigenvalue weighted by atomic mass is 9.86. The second kappa shape index (κ2) is 7.16. The number of nitrogens with zero attached hydrogens (tertiary/aromatic N) is 1. The van der Waals surface area contributed by atoms with E-state index < -0.39 is 29.2 Å². The predicted molar refractivity (Wildman–Crippen MR) is 86.2 cm³/mol. The van der Waals surface area contributed by atoms with Crippen LogP contribution in [0.1, 0.15) is 32.1 Å². The van der Waals surface area contributed by atoms with Gasteiger partial charge in [-0.15, -0.1) is 0 Å². The molecule has 2 fully saturated rings. The predicted octanol–water partition coefficient (Wildman–Crippen LogP) is 3.04. The van der Waals surface area contributed by atoms with E-state index >= 15 is 0 Å². The molecule has 2 bridgehead atoms. The van der Waals surface area contributed by atoms with Crippen LogP contribution < -0.4 is 5.32 Å². The fourth-order valence-electron chi connectivity index (χ4n) is 3.95. The summed E-state index contributed by atoms with van der Waals surface area (Å²) < 4.78 is 18.6. The maximum absolute atomic E-state index is 13.6. The Bertz CT molecular complexity index is 708. The number of anilines is 1. The van der Waals surface area contributed by atoms with E-state index in [2.05, 4.69) is 5.32 Å². The van der Waals surface area contributed by atoms with Gasteiger partial charge in [-0.25, -0.2) is 4.39 Å². The second-order valence-corrected chi connectivity index (χ2v) is 6.77. The molecule has 0 spiro atoms. The topological polar surface area (TPSA) is 98.5 Å². The zero-order valence-electron chi connectivity index (χ0n) is 13.6. The number of hydrogen-bond acceptors (Lipinski definition) is 5. The molecule has 1 aromatic carbocycles. The van der Waals surface area contributed by atoms with Gasteiger partial charge < -0.3 is 10.1 Å². The molecule has 2 aliphatic rings. The van der Waals surface area contributed by atoms with Crippen molar-refractivity contribution in [3.05, 3.63) is 34.1 Å². The van der Waals surface area contributed by atoms with Gasteiger partial charge in [-0.1, -0.05) is 6.42 Å². The SMILES string of the molecule is O=C(COC(=O)C[C@H]1C[C@H]2CC[C@@H]1C2)Nc1cc([N+](=O)[O-])ccc1F. The monoisotopic (exact) mass is 350 g/mol. The van der Waals surface area contributed by atoms with Gasteiger partial charge >= 0.3 is 5.97 Å².